The Hall–Kier alpha value is -1.10. The van der Waals surface area contributed by atoms with Gasteiger partial charge in [-0.25, -0.2) is 4.99 Å². The number of ether oxygens (including phenoxy) is 2. The molecule has 0 bridgehead atoms. The number of alkyl halides is 1. The minimum absolute atomic E-state index is 0.0232. The molecule has 6 heteroatoms. The first kappa shape index (κ1) is 14.3. The third-order valence-corrected chi connectivity index (χ3v) is 3.02. The molecule has 0 spiro atoms. The highest BCUT2D eigenvalue weighted by Gasteiger charge is 2.18. The molecule has 0 saturated carbocycles. The van der Waals surface area contributed by atoms with Gasteiger partial charge < -0.3 is 9.47 Å². The van der Waals surface area contributed by atoms with Gasteiger partial charge in [-0.05, 0) is 11.6 Å². The number of ketones is 1. The molecular weight excluding hydrogens is 289 g/mol. The molecular formula is C13H13Cl2NO3. The Bertz CT molecular complexity index is 503. The Kier molecular flexibility index (Phi) is 5.19. The van der Waals surface area contributed by atoms with Crippen LogP contribution < -0.4 is 4.74 Å². The second-order valence-electron chi connectivity index (χ2n) is 3.94. The number of fused-ring (bicyclic) bond motifs is 1. The summed E-state index contributed by atoms with van der Waals surface area (Å²) in [6.07, 6.45) is 0.288. The van der Waals surface area contributed by atoms with Crippen molar-refractivity contribution < 1.29 is 14.3 Å². The molecule has 1 aromatic rings. The van der Waals surface area contributed by atoms with Gasteiger partial charge in [-0.2, -0.15) is 0 Å². The molecule has 0 fully saturated rings. The van der Waals surface area contributed by atoms with E-state index in [4.69, 9.17) is 32.7 Å². The van der Waals surface area contributed by atoms with Gasteiger partial charge in [-0.1, -0.05) is 17.7 Å². The van der Waals surface area contributed by atoms with Gasteiger partial charge in [0.2, 0.25) is 0 Å². The fourth-order valence-corrected chi connectivity index (χ4v) is 1.94. The average molecular weight is 302 g/mol. The van der Waals surface area contributed by atoms with E-state index in [2.05, 4.69) is 4.99 Å². The second-order valence-corrected chi connectivity index (χ2v) is 4.68. The zero-order valence-electron chi connectivity index (χ0n) is 10.2. The van der Waals surface area contributed by atoms with E-state index in [-0.39, 0.29) is 17.4 Å². The Morgan fingerprint density at radius 1 is 1.26 bits per heavy atom. The molecule has 0 unspecified atom stereocenters. The van der Waals surface area contributed by atoms with Gasteiger partial charge in [0.05, 0.1) is 18.9 Å². The van der Waals surface area contributed by atoms with E-state index in [0.717, 1.165) is 5.56 Å². The van der Waals surface area contributed by atoms with Crippen molar-refractivity contribution in [3.05, 3.63) is 23.8 Å². The lowest BCUT2D eigenvalue weighted by Crippen LogP contribution is -2.15. The smallest absolute Gasteiger partial charge is 0.197 e. The summed E-state index contributed by atoms with van der Waals surface area (Å²) in [5.74, 6) is 0.994. The van der Waals surface area contributed by atoms with Gasteiger partial charge in [0.25, 0.3) is 0 Å². The Morgan fingerprint density at radius 2 is 2.11 bits per heavy atom. The number of aliphatic imine (C=N–C) groups is 1. The molecule has 0 amide bonds. The number of rotatable bonds is 6. The van der Waals surface area contributed by atoms with Crippen LogP contribution in [0.15, 0.2) is 23.2 Å². The van der Waals surface area contributed by atoms with Crippen molar-refractivity contribution in [3.8, 4) is 5.75 Å². The molecule has 0 saturated heterocycles. The van der Waals surface area contributed by atoms with Crippen LogP contribution in [-0.2, 0) is 16.0 Å². The summed E-state index contributed by atoms with van der Waals surface area (Å²) in [5, 5.41) is 0.0232. The van der Waals surface area contributed by atoms with Crippen LogP contribution in [0.25, 0.3) is 0 Å². The third-order valence-electron chi connectivity index (χ3n) is 2.57. The standard InChI is InChI=1S/C13H13Cl2NO3/c14-3-4-18-5-6-19-10-2-1-9-7-12(17)13(15)16-11(9)8-10/h1-2,8H,3-7H2. The number of carbonyl (C=O) groups is 1. The lowest BCUT2D eigenvalue weighted by molar-refractivity contribution is -0.112. The number of halogens is 2. The van der Waals surface area contributed by atoms with Gasteiger partial charge in [0, 0.05) is 18.4 Å². The zero-order chi connectivity index (χ0) is 13.7. The molecule has 102 valence electrons. The first-order valence-electron chi connectivity index (χ1n) is 5.87. The molecule has 4 nitrogen and oxygen atoms in total. The molecule has 1 aromatic carbocycles. The molecule has 1 aliphatic rings. The number of hydrogen-bond donors (Lipinski definition) is 0. The highest BCUT2D eigenvalue weighted by Crippen LogP contribution is 2.29. The normalized spacial score (nSPS) is 14.0. The average Bonchev–Trinajstić information content (AvgIpc) is 2.40. The summed E-state index contributed by atoms with van der Waals surface area (Å²) in [7, 11) is 0. The molecule has 1 heterocycles. The van der Waals surface area contributed by atoms with Crippen molar-refractivity contribution in [2.24, 2.45) is 4.99 Å². The van der Waals surface area contributed by atoms with Gasteiger partial charge >= 0.3 is 0 Å². The van der Waals surface area contributed by atoms with Crippen molar-refractivity contribution in [1.82, 2.24) is 0 Å². The Balaban J connectivity index is 1.95. The molecule has 0 aromatic heterocycles. The van der Waals surface area contributed by atoms with E-state index in [9.17, 15) is 4.79 Å². The molecule has 0 radical (unpaired) electrons. The quantitative estimate of drug-likeness (QED) is 0.599. The molecule has 0 aliphatic carbocycles. The van der Waals surface area contributed by atoms with Crippen LogP contribution in [0.1, 0.15) is 5.56 Å². The van der Waals surface area contributed by atoms with Crippen LogP contribution in [0.3, 0.4) is 0 Å². The summed E-state index contributed by atoms with van der Waals surface area (Å²) >= 11 is 11.2. The third kappa shape index (κ3) is 3.93. The molecule has 2 rings (SSSR count). The number of hydrogen-bond acceptors (Lipinski definition) is 4. The van der Waals surface area contributed by atoms with E-state index < -0.39 is 0 Å². The Labute approximate surface area is 121 Å². The van der Waals surface area contributed by atoms with E-state index in [1.54, 1.807) is 6.07 Å². The highest BCUT2D eigenvalue weighted by molar-refractivity contribution is 6.83. The summed E-state index contributed by atoms with van der Waals surface area (Å²) < 4.78 is 10.7. The second kappa shape index (κ2) is 6.89. The van der Waals surface area contributed by atoms with Gasteiger partial charge in [-0.3, -0.25) is 4.79 Å². The minimum Gasteiger partial charge on any atom is -0.491 e. The molecule has 1 aliphatic heterocycles. The first-order chi connectivity index (χ1) is 9.20. The highest BCUT2D eigenvalue weighted by atomic mass is 35.5. The maximum Gasteiger partial charge on any atom is 0.197 e. The number of Topliss-reactive ketones (excluding diaryl/α,β-unsaturated/α-hetero) is 1. The monoisotopic (exact) mass is 301 g/mol. The Morgan fingerprint density at radius 3 is 2.89 bits per heavy atom. The SMILES string of the molecule is O=C1Cc2ccc(OCCOCCCl)cc2N=C1Cl. The largest absolute Gasteiger partial charge is 0.491 e. The molecule has 0 N–H and O–H groups in total. The van der Waals surface area contributed by atoms with E-state index >= 15 is 0 Å². The maximum absolute atomic E-state index is 11.4. The minimum atomic E-state index is -0.155. The van der Waals surface area contributed by atoms with Gasteiger partial charge in [0.15, 0.2) is 11.0 Å². The molecule has 0 atom stereocenters. The summed E-state index contributed by atoms with van der Waals surface area (Å²) in [5.41, 5.74) is 1.55. The maximum atomic E-state index is 11.4. The fraction of sp³-hybridized carbons (Fsp3) is 0.385. The molecule has 19 heavy (non-hydrogen) atoms. The van der Waals surface area contributed by atoms with Crippen LogP contribution in [0.4, 0.5) is 5.69 Å². The number of carbonyl (C=O) groups excluding carboxylic acids is 1. The van der Waals surface area contributed by atoms with Gasteiger partial charge in [0.1, 0.15) is 12.4 Å². The summed E-state index contributed by atoms with van der Waals surface area (Å²) in [6.45, 7) is 1.43. The van der Waals surface area contributed by atoms with Crippen LogP contribution in [0.5, 0.6) is 5.75 Å². The lowest BCUT2D eigenvalue weighted by atomic mass is 10.0. The van der Waals surface area contributed by atoms with Crippen molar-refractivity contribution in [1.29, 1.82) is 0 Å². The zero-order valence-corrected chi connectivity index (χ0v) is 11.7. The fourth-order valence-electron chi connectivity index (χ4n) is 1.68. The van der Waals surface area contributed by atoms with Crippen LogP contribution >= 0.6 is 23.2 Å². The topological polar surface area (TPSA) is 47.9 Å². The van der Waals surface area contributed by atoms with E-state index in [1.165, 1.54) is 0 Å². The van der Waals surface area contributed by atoms with E-state index in [0.29, 0.717) is 37.1 Å². The van der Waals surface area contributed by atoms with Crippen LogP contribution in [-0.4, -0.2) is 36.7 Å². The predicted octanol–water partition coefficient (Wildman–Crippen LogP) is 2.71. The van der Waals surface area contributed by atoms with Crippen molar-refractivity contribution in [2.75, 3.05) is 25.7 Å². The van der Waals surface area contributed by atoms with Gasteiger partial charge in [-0.15, -0.1) is 11.6 Å². The van der Waals surface area contributed by atoms with E-state index in [1.807, 2.05) is 12.1 Å². The first-order valence-corrected chi connectivity index (χ1v) is 6.79. The van der Waals surface area contributed by atoms with Crippen molar-refractivity contribution in [2.45, 2.75) is 6.42 Å². The van der Waals surface area contributed by atoms with Crippen molar-refractivity contribution >= 4 is 39.8 Å². The van der Waals surface area contributed by atoms with Crippen LogP contribution in [0, 0.1) is 0 Å². The summed E-state index contributed by atoms with van der Waals surface area (Å²) in [4.78, 5) is 15.4. The lowest BCUT2D eigenvalue weighted by Gasteiger charge is -2.13. The summed E-state index contributed by atoms with van der Waals surface area (Å²) in [6, 6.07) is 5.41. The van der Waals surface area contributed by atoms with Crippen molar-refractivity contribution in [3.63, 3.8) is 0 Å². The van der Waals surface area contributed by atoms with Crippen LogP contribution in [0.2, 0.25) is 0 Å². The number of benzene rings is 1. The predicted molar refractivity (Wildman–Crippen MR) is 75.1 cm³/mol. The number of nitrogens with zero attached hydrogens (tertiary/aromatic N) is 1.